The first kappa shape index (κ1) is 12.3. The van der Waals surface area contributed by atoms with Crippen molar-refractivity contribution >= 4 is 11.7 Å². The Hall–Kier alpha value is -2.69. The van der Waals surface area contributed by atoms with Crippen molar-refractivity contribution in [2.24, 2.45) is 5.16 Å². The lowest BCUT2D eigenvalue weighted by Crippen LogP contribution is -1.88. The first-order chi connectivity index (χ1) is 9.69. The number of oxime groups is 1. The summed E-state index contributed by atoms with van der Waals surface area (Å²) in [6.45, 7) is 1.97. The second-order valence-electron chi connectivity index (χ2n) is 4.55. The maximum atomic E-state index is 13.1. The smallest absolute Gasteiger partial charge is 0.123 e. The second kappa shape index (κ2) is 4.77. The zero-order valence-corrected chi connectivity index (χ0v) is 10.8. The number of nitrogens with zero attached hydrogens (tertiary/aromatic N) is 3. The Balaban J connectivity index is 2.31. The van der Waals surface area contributed by atoms with Crippen LogP contribution in [0.25, 0.3) is 16.6 Å². The number of aromatic nitrogens is 2. The molecule has 0 aliphatic rings. The van der Waals surface area contributed by atoms with Crippen LogP contribution in [0.15, 0.2) is 47.8 Å². The number of hydrogen-bond donors (Lipinski definition) is 1. The fourth-order valence-corrected chi connectivity index (χ4v) is 2.23. The predicted molar refractivity (Wildman–Crippen MR) is 74.7 cm³/mol. The maximum Gasteiger partial charge on any atom is 0.123 e. The van der Waals surface area contributed by atoms with Crippen LogP contribution >= 0.6 is 0 Å². The minimum atomic E-state index is -0.293. The molecule has 0 saturated heterocycles. The molecule has 0 aliphatic carbocycles. The van der Waals surface area contributed by atoms with Gasteiger partial charge in [-0.25, -0.2) is 8.91 Å². The van der Waals surface area contributed by atoms with Crippen molar-refractivity contribution in [3.8, 4) is 11.1 Å². The molecule has 4 nitrogen and oxygen atoms in total. The van der Waals surface area contributed by atoms with Crippen LogP contribution < -0.4 is 0 Å². The highest BCUT2D eigenvalue weighted by Crippen LogP contribution is 2.28. The minimum Gasteiger partial charge on any atom is -0.411 e. The van der Waals surface area contributed by atoms with E-state index in [-0.39, 0.29) is 5.82 Å². The summed E-state index contributed by atoms with van der Waals surface area (Å²) in [6.07, 6.45) is 3.16. The number of hydrogen-bond acceptors (Lipinski definition) is 3. The Morgan fingerprint density at radius 3 is 2.65 bits per heavy atom. The largest absolute Gasteiger partial charge is 0.411 e. The lowest BCUT2D eigenvalue weighted by atomic mass is 10.0. The van der Waals surface area contributed by atoms with Crippen LogP contribution in [0.3, 0.4) is 0 Å². The fraction of sp³-hybridized carbons (Fsp3) is 0.0667. The summed E-state index contributed by atoms with van der Waals surface area (Å²) in [5.41, 5.74) is 4.10. The van der Waals surface area contributed by atoms with Gasteiger partial charge in [-0.15, -0.1) is 0 Å². The van der Waals surface area contributed by atoms with Crippen LogP contribution in [0.2, 0.25) is 0 Å². The molecule has 100 valence electrons. The van der Waals surface area contributed by atoms with Crippen molar-refractivity contribution in [3.63, 3.8) is 0 Å². The zero-order chi connectivity index (χ0) is 14.1. The summed E-state index contributed by atoms with van der Waals surface area (Å²) < 4.78 is 14.8. The third kappa shape index (κ3) is 2.03. The quantitative estimate of drug-likeness (QED) is 0.441. The van der Waals surface area contributed by atoms with Crippen LogP contribution in [0.1, 0.15) is 11.3 Å². The average molecular weight is 269 g/mol. The summed E-state index contributed by atoms with van der Waals surface area (Å²) in [6, 6.07) is 10.1. The highest BCUT2D eigenvalue weighted by Gasteiger charge is 2.13. The van der Waals surface area contributed by atoms with Gasteiger partial charge < -0.3 is 5.21 Å². The molecular formula is C15H12FN3O. The molecule has 0 bridgehead atoms. The molecule has 0 unspecified atom stereocenters. The summed E-state index contributed by atoms with van der Waals surface area (Å²) in [4.78, 5) is 0. The maximum absolute atomic E-state index is 13.1. The van der Waals surface area contributed by atoms with Crippen molar-refractivity contribution in [2.75, 3.05) is 0 Å². The molecule has 20 heavy (non-hydrogen) atoms. The van der Waals surface area contributed by atoms with E-state index in [4.69, 9.17) is 5.21 Å². The summed E-state index contributed by atoms with van der Waals surface area (Å²) in [7, 11) is 0. The first-order valence-corrected chi connectivity index (χ1v) is 6.11. The number of halogens is 1. The van der Waals surface area contributed by atoms with Gasteiger partial charge in [0.1, 0.15) is 11.5 Å². The summed E-state index contributed by atoms with van der Waals surface area (Å²) >= 11 is 0. The molecule has 0 fully saturated rings. The Morgan fingerprint density at radius 1 is 1.20 bits per heavy atom. The van der Waals surface area contributed by atoms with Crippen LogP contribution in [0.5, 0.6) is 0 Å². The molecule has 5 heteroatoms. The molecule has 0 atom stereocenters. The van der Waals surface area contributed by atoms with E-state index in [1.54, 1.807) is 16.6 Å². The van der Waals surface area contributed by atoms with Gasteiger partial charge in [0.05, 0.1) is 11.7 Å². The number of rotatable bonds is 2. The molecule has 1 aromatic carbocycles. The lowest BCUT2D eigenvalue weighted by molar-refractivity contribution is 0.321. The highest BCUT2D eigenvalue weighted by molar-refractivity contribution is 5.95. The predicted octanol–water partition coefficient (Wildman–Crippen LogP) is 3.26. The van der Waals surface area contributed by atoms with Gasteiger partial charge in [-0.2, -0.15) is 5.10 Å². The molecule has 0 aliphatic heterocycles. The number of aryl methyl sites for hydroxylation is 1. The van der Waals surface area contributed by atoms with E-state index >= 15 is 0 Å². The molecule has 1 N–H and O–H groups in total. The van der Waals surface area contributed by atoms with E-state index in [1.165, 1.54) is 18.3 Å². The standard InChI is InChI=1S/C15H12FN3O/c1-10-2-7-14-15(11-3-5-12(16)6-4-11)13(8-17-20)18-19(14)9-10/h2-9,20H,1H3/b17-8+. The molecule has 0 radical (unpaired) electrons. The van der Waals surface area contributed by atoms with Crippen molar-refractivity contribution in [1.29, 1.82) is 0 Å². The van der Waals surface area contributed by atoms with Gasteiger partial charge in [0.15, 0.2) is 0 Å². The van der Waals surface area contributed by atoms with Gasteiger partial charge in [-0.1, -0.05) is 23.4 Å². The van der Waals surface area contributed by atoms with Gasteiger partial charge in [-0.3, -0.25) is 0 Å². The number of benzene rings is 1. The number of fused-ring (bicyclic) bond motifs is 1. The normalized spacial score (nSPS) is 11.5. The molecule has 3 aromatic rings. The topological polar surface area (TPSA) is 49.9 Å². The van der Waals surface area contributed by atoms with Gasteiger partial charge >= 0.3 is 0 Å². The Labute approximate surface area is 114 Å². The van der Waals surface area contributed by atoms with Crippen LogP contribution in [-0.2, 0) is 0 Å². The van der Waals surface area contributed by atoms with Gasteiger partial charge in [-0.05, 0) is 36.2 Å². The monoisotopic (exact) mass is 269 g/mol. The molecule has 2 aromatic heterocycles. The van der Waals surface area contributed by atoms with Crippen LogP contribution in [0, 0.1) is 12.7 Å². The van der Waals surface area contributed by atoms with Crippen LogP contribution in [-0.4, -0.2) is 21.0 Å². The fourth-order valence-electron chi connectivity index (χ4n) is 2.23. The Morgan fingerprint density at radius 2 is 1.95 bits per heavy atom. The van der Waals surface area contributed by atoms with Crippen molar-refractivity contribution in [2.45, 2.75) is 6.92 Å². The van der Waals surface area contributed by atoms with Crippen molar-refractivity contribution < 1.29 is 9.60 Å². The third-order valence-corrected chi connectivity index (χ3v) is 3.12. The van der Waals surface area contributed by atoms with Crippen LogP contribution in [0.4, 0.5) is 4.39 Å². The molecule has 0 saturated carbocycles. The molecular weight excluding hydrogens is 257 g/mol. The molecule has 0 amide bonds. The lowest BCUT2D eigenvalue weighted by Gasteiger charge is -2.01. The SMILES string of the molecule is Cc1ccc2c(-c3ccc(F)cc3)c(/C=N/O)nn2c1. The van der Waals surface area contributed by atoms with Crippen molar-refractivity contribution in [3.05, 3.63) is 59.7 Å². The third-order valence-electron chi connectivity index (χ3n) is 3.12. The minimum absolute atomic E-state index is 0.293. The average Bonchev–Trinajstić information content (AvgIpc) is 2.77. The van der Waals surface area contributed by atoms with E-state index in [2.05, 4.69) is 10.3 Å². The van der Waals surface area contributed by atoms with Crippen molar-refractivity contribution in [1.82, 2.24) is 9.61 Å². The molecule has 3 rings (SSSR count). The van der Waals surface area contributed by atoms with E-state index in [0.717, 1.165) is 22.2 Å². The zero-order valence-electron chi connectivity index (χ0n) is 10.8. The Kier molecular flexibility index (Phi) is 2.95. The molecule has 2 heterocycles. The highest BCUT2D eigenvalue weighted by atomic mass is 19.1. The summed E-state index contributed by atoms with van der Waals surface area (Å²) in [5, 5.41) is 16.2. The van der Waals surface area contributed by atoms with E-state index < -0.39 is 0 Å². The van der Waals surface area contributed by atoms with Gasteiger partial charge in [0.2, 0.25) is 0 Å². The van der Waals surface area contributed by atoms with E-state index in [9.17, 15) is 4.39 Å². The molecule has 0 spiro atoms. The van der Waals surface area contributed by atoms with Gasteiger partial charge in [0.25, 0.3) is 0 Å². The number of pyridine rings is 1. The second-order valence-corrected chi connectivity index (χ2v) is 4.55. The van der Waals surface area contributed by atoms with Gasteiger partial charge in [0, 0.05) is 11.8 Å². The first-order valence-electron chi connectivity index (χ1n) is 6.11. The van der Waals surface area contributed by atoms with E-state index in [0.29, 0.717) is 5.69 Å². The Bertz CT molecular complexity index is 791. The van der Waals surface area contributed by atoms with E-state index in [1.807, 2.05) is 25.3 Å². The summed E-state index contributed by atoms with van der Waals surface area (Å²) in [5.74, 6) is -0.293.